The van der Waals surface area contributed by atoms with Crippen molar-refractivity contribution in [2.45, 2.75) is 11.8 Å². The highest BCUT2D eigenvalue weighted by molar-refractivity contribution is 7.98. The van der Waals surface area contributed by atoms with Gasteiger partial charge in [-0.3, -0.25) is 0 Å². The number of aryl methyl sites for hydroxylation is 1. The van der Waals surface area contributed by atoms with E-state index < -0.39 is 0 Å². The molecule has 0 saturated heterocycles. The summed E-state index contributed by atoms with van der Waals surface area (Å²) in [4.78, 5) is 5.03. The Morgan fingerprint density at radius 2 is 2.11 bits per heavy atom. The van der Waals surface area contributed by atoms with Crippen LogP contribution in [0.15, 0.2) is 41.4 Å². The van der Waals surface area contributed by atoms with Crippen LogP contribution in [-0.4, -0.2) is 11.2 Å². The van der Waals surface area contributed by atoms with Crippen molar-refractivity contribution in [3.63, 3.8) is 0 Å². The van der Waals surface area contributed by atoms with Crippen molar-refractivity contribution in [3.8, 4) is 17.7 Å². The maximum Gasteiger partial charge on any atom is 0.222 e. The molecule has 90 valence electrons. The molecular weight excluding hydrogens is 244 g/mol. The molecule has 0 unspecified atom stereocenters. The summed E-state index contributed by atoms with van der Waals surface area (Å²) in [5.74, 6) is 1.24. The van der Waals surface area contributed by atoms with Crippen LogP contribution in [0, 0.1) is 18.3 Å². The lowest BCUT2D eigenvalue weighted by Crippen LogP contribution is -1.93. The second kappa shape index (κ2) is 5.56. The molecule has 0 saturated carbocycles. The second-order valence-corrected chi connectivity index (χ2v) is 4.49. The lowest BCUT2D eigenvalue weighted by atomic mass is 10.2. The van der Waals surface area contributed by atoms with Crippen LogP contribution in [0.3, 0.4) is 0 Å². The van der Waals surface area contributed by atoms with Crippen molar-refractivity contribution >= 4 is 11.8 Å². The van der Waals surface area contributed by atoms with Crippen molar-refractivity contribution in [1.82, 2.24) is 4.98 Å². The summed E-state index contributed by atoms with van der Waals surface area (Å²) in [5, 5.41) is 9.06. The Hall–Kier alpha value is -1.99. The number of pyridine rings is 1. The van der Waals surface area contributed by atoms with Gasteiger partial charge in [-0.25, -0.2) is 4.98 Å². The minimum Gasteiger partial charge on any atom is -0.438 e. The SMILES string of the molecule is CSc1c(C#N)cccc1Oc1ncccc1C. The number of hydrogen-bond donors (Lipinski definition) is 0. The Balaban J connectivity index is 2.41. The van der Waals surface area contributed by atoms with Gasteiger partial charge in [0.1, 0.15) is 11.8 Å². The molecular formula is C14H12N2OS. The van der Waals surface area contributed by atoms with Gasteiger partial charge >= 0.3 is 0 Å². The minimum absolute atomic E-state index is 0.572. The van der Waals surface area contributed by atoms with E-state index in [-0.39, 0.29) is 0 Å². The van der Waals surface area contributed by atoms with Gasteiger partial charge in [-0.1, -0.05) is 12.1 Å². The van der Waals surface area contributed by atoms with E-state index >= 15 is 0 Å². The van der Waals surface area contributed by atoms with E-state index in [2.05, 4.69) is 11.1 Å². The van der Waals surface area contributed by atoms with E-state index in [0.29, 0.717) is 17.2 Å². The van der Waals surface area contributed by atoms with E-state index in [1.165, 1.54) is 11.8 Å². The summed E-state index contributed by atoms with van der Waals surface area (Å²) >= 11 is 1.50. The van der Waals surface area contributed by atoms with Crippen LogP contribution in [0.25, 0.3) is 0 Å². The van der Waals surface area contributed by atoms with E-state index in [9.17, 15) is 0 Å². The second-order valence-electron chi connectivity index (χ2n) is 3.68. The van der Waals surface area contributed by atoms with Crippen LogP contribution in [0.2, 0.25) is 0 Å². The molecule has 0 N–H and O–H groups in total. The van der Waals surface area contributed by atoms with Crippen LogP contribution in [-0.2, 0) is 0 Å². The molecule has 0 amide bonds. The van der Waals surface area contributed by atoms with E-state index in [1.54, 1.807) is 12.3 Å². The van der Waals surface area contributed by atoms with Crippen molar-refractivity contribution in [2.75, 3.05) is 6.26 Å². The quantitative estimate of drug-likeness (QED) is 0.784. The predicted molar refractivity (Wildman–Crippen MR) is 72.0 cm³/mol. The minimum atomic E-state index is 0.572. The fourth-order valence-electron chi connectivity index (χ4n) is 1.58. The predicted octanol–water partition coefficient (Wildman–Crippen LogP) is 3.78. The molecule has 1 aromatic heterocycles. The Labute approximate surface area is 110 Å². The fourth-order valence-corrected chi connectivity index (χ4v) is 2.22. The monoisotopic (exact) mass is 256 g/mol. The molecule has 0 atom stereocenters. The first-order chi connectivity index (χ1) is 8.76. The molecule has 1 aromatic carbocycles. The Bertz CT molecular complexity index is 605. The van der Waals surface area contributed by atoms with Crippen molar-refractivity contribution in [1.29, 1.82) is 5.26 Å². The molecule has 0 bridgehead atoms. The summed E-state index contributed by atoms with van der Waals surface area (Å²) in [7, 11) is 0. The van der Waals surface area contributed by atoms with Gasteiger partial charge in [-0.2, -0.15) is 5.26 Å². The third kappa shape index (κ3) is 2.47. The average molecular weight is 256 g/mol. The summed E-state index contributed by atoms with van der Waals surface area (Å²) in [6, 6.07) is 11.4. The number of nitrogens with zero attached hydrogens (tertiary/aromatic N) is 2. The van der Waals surface area contributed by atoms with Gasteiger partial charge < -0.3 is 4.74 Å². The number of benzene rings is 1. The molecule has 2 aromatic rings. The van der Waals surface area contributed by atoms with Gasteiger partial charge in [-0.15, -0.1) is 11.8 Å². The van der Waals surface area contributed by atoms with E-state index in [4.69, 9.17) is 10.00 Å². The highest BCUT2D eigenvalue weighted by Gasteiger charge is 2.10. The number of nitriles is 1. The van der Waals surface area contributed by atoms with Crippen LogP contribution >= 0.6 is 11.8 Å². The van der Waals surface area contributed by atoms with Crippen LogP contribution in [0.1, 0.15) is 11.1 Å². The largest absolute Gasteiger partial charge is 0.438 e. The number of hydrogen-bond acceptors (Lipinski definition) is 4. The topological polar surface area (TPSA) is 45.9 Å². The van der Waals surface area contributed by atoms with Gasteiger partial charge in [0.25, 0.3) is 0 Å². The van der Waals surface area contributed by atoms with Crippen molar-refractivity contribution < 1.29 is 4.74 Å². The van der Waals surface area contributed by atoms with Gasteiger partial charge in [-0.05, 0) is 31.4 Å². The van der Waals surface area contributed by atoms with Crippen LogP contribution in [0.4, 0.5) is 0 Å². The molecule has 3 nitrogen and oxygen atoms in total. The zero-order chi connectivity index (χ0) is 13.0. The van der Waals surface area contributed by atoms with Gasteiger partial charge in [0.2, 0.25) is 5.88 Å². The summed E-state index contributed by atoms with van der Waals surface area (Å²) in [5.41, 5.74) is 1.58. The van der Waals surface area contributed by atoms with Gasteiger partial charge in [0.05, 0.1) is 10.5 Å². The normalized spacial score (nSPS) is 9.83. The summed E-state index contributed by atoms with van der Waals surface area (Å²) in [6.45, 7) is 1.94. The lowest BCUT2D eigenvalue weighted by molar-refractivity contribution is 0.448. The highest BCUT2D eigenvalue weighted by Crippen LogP contribution is 2.34. The molecule has 0 spiro atoms. The maximum absolute atomic E-state index is 9.06. The number of aromatic nitrogens is 1. The molecule has 1 heterocycles. The zero-order valence-electron chi connectivity index (χ0n) is 10.2. The summed E-state index contributed by atoms with van der Waals surface area (Å²) in [6.07, 6.45) is 3.61. The zero-order valence-corrected chi connectivity index (χ0v) is 11.0. The number of rotatable bonds is 3. The third-order valence-electron chi connectivity index (χ3n) is 2.47. The van der Waals surface area contributed by atoms with Crippen LogP contribution < -0.4 is 4.74 Å². The Kier molecular flexibility index (Phi) is 3.85. The molecule has 0 aliphatic carbocycles. The number of thioether (sulfide) groups is 1. The van der Waals surface area contributed by atoms with E-state index in [0.717, 1.165) is 10.5 Å². The standard InChI is InChI=1S/C14H12N2OS/c1-10-5-4-8-16-14(10)17-12-7-3-6-11(9-15)13(12)18-2/h3-8H,1-2H3. The fraction of sp³-hybridized carbons (Fsp3) is 0.143. The molecule has 0 fully saturated rings. The Morgan fingerprint density at radius 3 is 2.78 bits per heavy atom. The first-order valence-electron chi connectivity index (χ1n) is 5.43. The number of ether oxygens (including phenoxy) is 1. The van der Waals surface area contributed by atoms with E-state index in [1.807, 2.05) is 37.4 Å². The third-order valence-corrected chi connectivity index (χ3v) is 3.30. The molecule has 18 heavy (non-hydrogen) atoms. The van der Waals surface area contributed by atoms with Crippen molar-refractivity contribution in [2.24, 2.45) is 0 Å². The molecule has 0 radical (unpaired) electrons. The maximum atomic E-state index is 9.06. The molecule has 2 rings (SSSR count). The van der Waals surface area contributed by atoms with Crippen molar-refractivity contribution in [3.05, 3.63) is 47.7 Å². The van der Waals surface area contributed by atoms with Gasteiger partial charge in [0.15, 0.2) is 0 Å². The summed E-state index contributed by atoms with van der Waals surface area (Å²) < 4.78 is 5.79. The molecule has 0 aliphatic heterocycles. The average Bonchev–Trinajstić information content (AvgIpc) is 2.41. The Morgan fingerprint density at radius 1 is 1.28 bits per heavy atom. The lowest BCUT2D eigenvalue weighted by Gasteiger charge is -2.11. The highest BCUT2D eigenvalue weighted by atomic mass is 32.2. The molecule has 4 heteroatoms. The van der Waals surface area contributed by atoms with Crippen LogP contribution in [0.5, 0.6) is 11.6 Å². The molecule has 0 aliphatic rings. The first kappa shape index (κ1) is 12.5. The smallest absolute Gasteiger partial charge is 0.222 e. The first-order valence-corrected chi connectivity index (χ1v) is 6.65. The van der Waals surface area contributed by atoms with Gasteiger partial charge in [0, 0.05) is 11.8 Å².